The normalized spacial score (nSPS) is 23.5. The molecule has 2 fully saturated rings. The van der Waals surface area contributed by atoms with Crippen LogP contribution in [-0.4, -0.2) is 45.8 Å². The van der Waals surface area contributed by atoms with E-state index in [0.717, 1.165) is 37.7 Å². The van der Waals surface area contributed by atoms with E-state index < -0.39 is 11.6 Å². The van der Waals surface area contributed by atoms with Crippen molar-refractivity contribution >= 4 is 18.1 Å². The maximum Gasteiger partial charge on any atom is 0.410 e. The number of benzene rings is 2. The first-order chi connectivity index (χ1) is 18.1. The molecule has 6 nitrogen and oxygen atoms in total. The first-order valence-corrected chi connectivity index (χ1v) is 14.0. The summed E-state index contributed by atoms with van der Waals surface area (Å²) < 4.78 is 5.75. The SMILES string of the molecule is CCC(=Cc1ccccc1)C1C[C@@H]1NC1CCC(N(Cc2cccc(C(=O)O)c2)C(=O)OC(C)(C)C)CC1. The number of hydrogen-bond acceptors (Lipinski definition) is 4. The van der Waals surface area contributed by atoms with Crippen LogP contribution in [0.1, 0.15) is 87.7 Å². The molecule has 2 aromatic rings. The molecule has 4 rings (SSSR count). The molecule has 0 radical (unpaired) electrons. The lowest BCUT2D eigenvalue weighted by molar-refractivity contribution is 0.00876. The second kappa shape index (κ2) is 12.2. The molecule has 2 saturated carbocycles. The molecule has 204 valence electrons. The van der Waals surface area contributed by atoms with Crippen LogP contribution in [0, 0.1) is 5.92 Å². The third-order valence-corrected chi connectivity index (χ3v) is 7.57. The Morgan fingerprint density at radius 3 is 2.39 bits per heavy atom. The van der Waals surface area contributed by atoms with E-state index in [1.54, 1.807) is 23.1 Å². The number of amides is 1. The Morgan fingerprint density at radius 2 is 1.76 bits per heavy atom. The number of carboxylic acid groups (broad SMARTS) is 1. The first kappa shape index (κ1) is 27.9. The molecule has 2 atom stereocenters. The van der Waals surface area contributed by atoms with Crippen LogP contribution < -0.4 is 5.32 Å². The Kier molecular flexibility index (Phi) is 8.93. The van der Waals surface area contributed by atoms with E-state index in [9.17, 15) is 14.7 Å². The number of hydrogen-bond donors (Lipinski definition) is 2. The van der Waals surface area contributed by atoms with Crippen molar-refractivity contribution in [2.24, 2.45) is 5.92 Å². The van der Waals surface area contributed by atoms with Crippen molar-refractivity contribution in [3.63, 3.8) is 0 Å². The van der Waals surface area contributed by atoms with Gasteiger partial charge < -0.3 is 20.1 Å². The molecule has 1 unspecified atom stereocenters. The molecule has 0 aliphatic heterocycles. The Hall–Kier alpha value is -3.12. The van der Waals surface area contributed by atoms with Crippen LogP contribution in [0.4, 0.5) is 4.79 Å². The van der Waals surface area contributed by atoms with Gasteiger partial charge in [0.15, 0.2) is 0 Å². The van der Waals surface area contributed by atoms with Crippen LogP contribution in [0.2, 0.25) is 0 Å². The average molecular weight is 519 g/mol. The largest absolute Gasteiger partial charge is 0.478 e. The number of nitrogens with zero attached hydrogens (tertiary/aromatic N) is 1. The summed E-state index contributed by atoms with van der Waals surface area (Å²) in [6.45, 7) is 8.20. The molecule has 0 bridgehead atoms. The lowest BCUT2D eigenvalue weighted by Crippen LogP contribution is -2.47. The monoisotopic (exact) mass is 518 g/mol. The van der Waals surface area contributed by atoms with Crippen molar-refractivity contribution in [3.05, 3.63) is 76.9 Å². The zero-order chi connectivity index (χ0) is 27.3. The van der Waals surface area contributed by atoms with Gasteiger partial charge >= 0.3 is 12.1 Å². The third kappa shape index (κ3) is 7.70. The maximum absolute atomic E-state index is 13.2. The molecule has 0 aromatic heterocycles. The predicted octanol–water partition coefficient (Wildman–Crippen LogP) is 6.90. The molecule has 38 heavy (non-hydrogen) atoms. The van der Waals surface area contributed by atoms with Gasteiger partial charge in [0.1, 0.15) is 5.60 Å². The predicted molar refractivity (Wildman–Crippen MR) is 151 cm³/mol. The summed E-state index contributed by atoms with van der Waals surface area (Å²) in [5.41, 5.74) is 3.22. The fourth-order valence-corrected chi connectivity index (χ4v) is 5.54. The number of carbonyl (C=O) groups is 2. The Morgan fingerprint density at radius 1 is 1.05 bits per heavy atom. The van der Waals surface area contributed by atoms with Crippen LogP contribution in [0.3, 0.4) is 0 Å². The fourth-order valence-electron chi connectivity index (χ4n) is 5.54. The minimum atomic E-state index is -0.967. The van der Waals surface area contributed by atoms with Gasteiger partial charge in [0.05, 0.1) is 5.56 Å². The van der Waals surface area contributed by atoms with Gasteiger partial charge in [-0.25, -0.2) is 9.59 Å². The van der Waals surface area contributed by atoms with E-state index in [0.29, 0.717) is 24.5 Å². The van der Waals surface area contributed by atoms with E-state index in [2.05, 4.69) is 48.6 Å². The molecule has 2 aliphatic carbocycles. The molecule has 0 heterocycles. The highest BCUT2D eigenvalue weighted by atomic mass is 16.6. The highest BCUT2D eigenvalue weighted by Crippen LogP contribution is 2.41. The molecule has 2 N–H and O–H groups in total. The number of rotatable bonds is 9. The van der Waals surface area contributed by atoms with Gasteiger partial charge in [0.25, 0.3) is 0 Å². The molecule has 6 heteroatoms. The van der Waals surface area contributed by atoms with E-state index >= 15 is 0 Å². The number of aromatic carboxylic acids is 1. The molecule has 2 aromatic carbocycles. The van der Waals surface area contributed by atoms with Gasteiger partial charge in [-0.2, -0.15) is 0 Å². The van der Waals surface area contributed by atoms with Crippen molar-refractivity contribution in [1.29, 1.82) is 0 Å². The summed E-state index contributed by atoms with van der Waals surface area (Å²) in [7, 11) is 0. The van der Waals surface area contributed by atoms with Crippen molar-refractivity contribution in [1.82, 2.24) is 10.2 Å². The summed E-state index contributed by atoms with van der Waals surface area (Å²) in [4.78, 5) is 26.5. The van der Waals surface area contributed by atoms with E-state index in [1.165, 1.54) is 17.6 Å². The topological polar surface area (TPSA) is 78.9 Å². The third-order valence-electron chi connectivity index (χ3n) is 7.57. The van der Waals surface area contributed by atoms with Crippen molar-refractivity contribution in [2.75, 3.05) is 0 Å². The molecule has 2 aliphatic rings. The summed E-state index contributed by atoms with van der Waals surface area (Å²) in [6.07, 6.45) is 8.07. The van der Waals surface area contributed by atoms with E-state index in [-0.39, 0.29) is 17.7 Å². The Balaban J connectivity index is 1.36. The van der Waals surface area contributed by atoms with Gasteiger partial charge in [0.2, 0.25) is 0 Å². The Bertz CT molecular complexity index is 1130. The minimum absolute atomic E-state index is 0.0653. The van der Waals surface area contributed by atoms with Gasteiger partial charge in [-0.1, -0.05) is 61.0 Å². The van der Waals surface area contributed by atoms with Gasteiger partial charge in [-0.15, -0.1) is 0 Å². The highest BCUT2D eigenvalue weighted by Gasteiger charge is 2.41. The summed E-state index contributed by atoms with van der Waals surface area (Å²) in [6, 6.07) is 18.4. The van der Waals surface area contributed by atoms with E-state index in [1.807, 2.05) is 26.8 Å². The molecular weight excluding hydrogens is 476 g/mol. The number of carboxylic acids is 1. The second-order valence-corrected chi connectivity index (χ2v) is 11.7. The highest BCUT2D eigenvalue weighted by molar-refractivity contribution is 5.87. The van der Waals surface area contributed by atoms with Crippen LogP contribution >= 0.6 is 0 Å². The lowest BCUT2D eigenvalue weighted by atomic mass is 9.89. The van der Waals surface area contributed by atoms with Crippen molar-refractivity contribution in [2.45, 2.75) is 96.5 Å². The van der Waals surface area contributed by atoms with Crippen molar-refractivity contribution in [3.8, 4) is 0 Å². The summed E-state index contributed by atoms with van der Waals surface area (Å²) in [5.74, 6) is -0.358. The molecule has 0 spiro atoms. The average Bonchev–Trinajstić information content (AvgIpc) is 3.65. The maximum atomic E-state index is 13.2. The number of carbonyl (C=O) groups excluding carboxylic acids is 1. The zero-order valence-electron chi connectivity index (χ0n) is 23.2. The van der Waals surface area contributed by atoms with Gasteiger partial charge in [0, 0.05) is 24.7 Å². The summed E-state index contributed by atoms with van der Waals surface area (Å²) >= 11 is 0. The van der Waals surface area contributed by atoms with Crippen LogP contribution in [0.15, 0.2) is 60.2 Å². The molecular formula is C32H42N2O4. The van der Waals surface area contributed by atoms with Crippen LogP contribution in [0.25, 0.3) is 6.08 Å². The smallest absolute Gasteiger partial charge is 0.410 e. The molecule has 0 saturated heterocycles. The number of nitrogens with one attached hydrogen (secondary N) is 1. The van der Waals surface area contributed by atoms with E-state index in [4.69, 9.17) is 4.74 Å². The number of ether oxygens (including phenoxy) is 1. The Labute approximate surface area is 227 Å². The summed E-state index contributed by atoms with van der Waals surface area (Å²) in [5, 5.41) is 13.3. The fraction of sp³-hybridized carbons (Fsp3) is 0.500. The van der Waals surface area contributed by atoms with Gasteiger partial charge in [-0.05, 0) is 88.5 Å². The van der Waals surface area contributed by atoms with Crippen molar-refractivity contribution < 1.29 is 19.4 Å². The zero-order valence-corrected chi connectivity index (χ0v) is 23.2. The minimum Gasteiger partial charge on any atom is -0.478 e. The van der Waals surface area contributed by atoms with Crippen LogP contribution in [-0.2, 0) is 11.3 Å². The quantitative estimate of drug-likeness (QED) is 0.377. The lowest BCUT2D eigenvalue weighted by Gasteiger charge is -2.38. The van der Waals surface area contributed by atoms with Crippen LogP contribution in [0.5, 0.6) is 0 Å². The standard InChI is InChI=1S/C32H42N2O4/c1-5-24(18-22-10-7-6-8-11-22)28-20-29(28)33-26-14-16-27(17-15-26)34(31(37)38-32(2,3)4)21-23-12-9-13-25(19-23)30(35)36/h6-13,18-19,26-29,33H,5,14-17,20-21H2,1-4H3,(H,35,36)/t26?,27?,28?,29-/m0/s1. The molecule has 1 amide bonds. The van der Waals surface area contributed by atoms with Gasteiger partial charge in [-0.3, -0.25) is 0 Å². The first-order valence-electron chi connectivity index (χ1n) is 14.0. The second-order valence-electron chi connectivity index (χ2n) is 11.7.